The summed E-state index contributed by atoms with van der Waals surface area (Å²) in [6.07, 6.45) is 1.51. The van der Waals surface area contributed by atoms with E-state index in [4.69, 9.17) is 11.3 Å². The van der Waals surface area contributed by atoms with Crippen LogP contribution in [0.5, 0.6) is 0 Å². The van der Waals surface area contributed by atoms with Crippen molar-refractivity contribution in [2.24, 2.45) is 5.92 Å². The van der Waals surface area contributed by atoms with Crippen LogP contribution in [0, 0.1) is 29.6 Å². The summed E-state index contributed by atoms with van der Waals surface area (Å²) >= 11 is 0. The zero-order valence-corrected chi connectivity index (χ0v) is 11.7. The molecule has 1 aromatic carbocycles. The Hall–Kier alpha value is -2.40. The molecular formula is C16H15FN2O2. The molecule has 0 amide bonds. The predicted molar refractivity (Wildman–Crippen MR) is 73.4 cm³/mol. The number of hydrogen-bond donors (Lipinski definition) is 0. The molecular weight excluding hydrogens is 271 g/mol. The molecule has 2 rings (SSSR count). The lowest BCUT2D eigenvalue weighted by molar-refractivity contribution is -0.151. The summed E-state index contributed by atoms with van der Waals surface area (Å²) in [5, 5.41) is 9.33. The summed E-state index contributed by atoms with van der Waals surface area (Å²) in [5.74, 6) is -1.11. The van der Waals surface area contributed by atoms with Gasteiger partial charge in [0.05, 0.1) is 6.61 Å². The molecule has 0 heterocycles. The van der Waals surface area contributed by atoms with Crippen molar-refractivity contribution in [2.75, 3.05) is 6.61 Å². The standard InChI is InChI=1S/C16H15FN2O2/c1-3-21-15(20)16(11-4-5-11,14(10-18)19-2)12-6-8-13(17)9-7-12/h6-9,11,14H,3-5H2,1H3. The Balaban J connectivity index is 2.61. The van der Waals surface area contributed by atoms with Crippen molar-refractivity contribution in [3.8, 4) is 6.07 Å². The van der Waals surface area contributed by atoms with Gasteiger partial charge in [-0.25, -0.2) is 11.0 Å². The minimum Gasteiger partial charge on any atom is -0.465 e. The van der Waals surface area contributed by atoms with Crippen LogP contribution >= 0.6 is 0 Å². The van der Waals surface area contributed by atoms with E-state index in [1.807, 2.05) is 6.07 Å². The Morgan fingerprint density at radius 2 is 2.19 bits per heavy atom. The number of hydrogen-bond acceptors (Lipinski definition) is 3. The summed E-state index contributed by atoms with van der Waals surface area (Å²) in [6.45, 7) is 9.13. The maximum atomic E-state index is 13.2. The van der Waals surface area contributed by atoms with E-state index in [0.717, 1.165) is 12.8 Å². The van der Waals surface area contributed by atoms with Crippen LogP contribution in [0.3, 0.4) is 0 Å². The van der Waals surface area contributed by atoms with Gasteiger partial charge in [-0.1, -0.05) is 12.1 Å². The Bertz CT molecular complexity index is 597. The third-order valence-corrected chi connectivity index (χ3v) is 3.84. The molecule has 2 unspecified atom stereocenters. The van der Waals surface area contributed by atoms with Crippen LogP contribution in [0.25, 0.3) is 4.85 Å². The topological polar surface area (TPSA) is 54.5 Å². The first kappa shape index (κ1) is 15.0. The van der Waals surface area contributed by atoms with Crippen LogP contribution in [0.15, 0.2) is 24.3 Å². The van der Waals surface area contributed by atoms with Crippen molar-refractivity contribution in [3.05, 3.63) is 47.1 Å². The van der Waals surface area contributed by atoms with E-state index in [0.29, 0.717) is 5.56 Å². The van der Waals surface area contributed by atoms with Crippen LogP contribution in [0.4, 0.5) is 4.39 Å². The molecule has 1 aromatic rings. The van der Waals surface area contributed by atoms with Gasteiger partial charge >= 0.3 is 12.0 Å². The minimum atomic E-state index is -1.32. The smallest absolute Gasteiger partial charge is 0.327 e. The summed E-state index contributed by atoms with van der Waals surface area (Å²) in [7, 11) is 0. The molecule has 1 aliphatic rings. The maximum absolute atomic E-state index is 13.2. The van der Waals surface area contributed by atoms with Gasteiger partial charge in [0.25, 0.3) is 0 Å². The second-order valence-electron chi connectivity index (χ2n) is 5.03. The molecule has 0 aromatic heterocycles. The summed E-state index contributed by atoms with van der Waals surface area (Å²) < 4.78 is 18.3. The number of benzene rings is 1. The van der Waals surface area contributed by atoms with Gasteiger partial charge < -0.3 is 4.74 Å². The Labute approximate surface area is 123 Å². The molecule has 0 radical (unpaired) electrons. The average Bonchev–Trinajstić information content (AvgIpc) is 3.31. The van der Waals surface area contributed by atoms with Crippen molar-refractivity contribution >= 4 is 5.97 Å². The van der Waals surface area contributed by atoms with E-state index in [2.05, 4.69) is 4.85 Å². The van der Waals surface area contributed by atoms with E-state index in [1.165, 1.54) is 24.3 Å². The van der Waals surface area contributed by atoms with Gasteiger partial charge in [-0.15, -0.1) is 0 Å². The SMILES string of the molecule is [C-]#[N+]C(C#N)C(C(=O)OCC)(c1ccc(F)cc1)C1CC1. The normalized spacial score (nSPS) is 17.9. The molecule has 5 heteroatoms. The highest BCUT2D eigenvalue weighted by atomic mass is 19.1. The van der Waals surface area contributed by atoms with E-state index in [9.17, 15) is 14.4 Å². The van der Waals surface area contributed by atoms with E-state index < -0.39 is 23.2 Å². The molecule has 0 bridgehead atoms. The quantitative estimate of drug-likeness (QED) is 0.618. The lowest BCUT2D eigenvalue weighted by Crippen LogP contribution is -2.48. The molecule has 108 valence electrons. The molecule has 4 nitrogen and oxygen atoms in total. The van der Waals surface area contributed by atoms with Gasteiger partial charge in [0.15, 0.2) is 11.5 Å². The fourth-order valence-corrected chi connectivity index (χ4v) is 2.76. The molecule has 0 spiro atoms. The highest BCUT2D eigenvalue weighted by Gasteiger charge is 2.62. The van der Waals surface area contributed by atoms with Crippen molar-refractivity contribution in [1.29, 1.82) is 5.26 Å². The summed E-state index contributed by atoms with van der Waals surface area (Å²) in [5.41, 5.74) is -0.840. The van der Waals surface area contributed by atoms with Crippen LogP contribution in [-0.4, -0.2) is 18.6 Å². The van der Waals surface area contributed by atoms with Crippen LogP contribution < -0.4 is 0 Å². The van der Waals surface area contributed by atoms with Gasteiger partial charge in [0.1, 0.15) is 5.82 Å². The third kappa shape index (κ3) is 2.48. The second kappa shape index (κ2) is 5.93. The average molecular weight is 286 g/mol. The number of esters is 1. The third-order valence-electron chi connectivity index (χ3n) is 3.84. The monoisotopic (exact) mass is 286 g/mol. The van der Waals surface area contributed by atoms with Crippen molar-refractivity contribution in [1.82, 2.24) is 0 Å². The molecule has 1 aliphatic carbocycles. The Kier molecular flexibility index (Phi) is 4.23. The lowest BCUT2D eigenvalue weighted by atomic mass is 9.70. The minimum absolute atomic E-state index is 0.110. The highest BCUT2D eigenvalue weighted by Crippen LogP contribution is 2.51. The molecule has 2 atom stereocenters. The maximum Gasteiger partial charge on any atom is 0.327 e. The van der Waals surface area contributed by atoms with Gasteiger partial charge in [-0.05, 0) is 43.4 Å². The lowest BCUT2D eigenvalue weighted by Gasteiger charge is -2.29. The molecule has 1 saturated carbocycles. The zero-order chi connectivity index (χ0) is 15.5. The first-order chi connectivity index (χ1) is 10.1. The van der Waals surface area contributed by atoms with E-state index in [1.54, 1.807) is 6.92 Å². The zero-order valence-electron chi connectivity index (χ0n) is 11.7. The van der Waals surface area contributed by atoms with Crippen molar-refractivity contribution < 1.29 is 13.9 Å². The number of nitrogens with zero attached hydrogens (tertiary/aromatic N) is 2. The molecule has 0 saturated heterocycles. The van der Waals surface area contributed by atoms with Crippen LogP contribution in [0.2, 0.25) is 0 Å². The van der Waals surface area contributed by atoms with Crippen molar-refractivity contribution in [3.63, 3.8) is 0 Å². The second-order valence-corrected chi connectivity index (χ2v) is 5.03. The number of rotatable bonds is 5. The van der Waals surface area contributed by atoms with Crippen LogP contribution in [0.1, 0.15) is 25.3 Å². The number of ether oxygens (including phenoxy) is 1. The van der Waals surface area contributed by atoms with E-state index in [-0.39, 0.29) is 12.5 Å². The molecule has 0 aliphatic heterocycles. The number of carbonyl (C=O) groups excluding carboxylic acids is 1. The number of nitriles is 1. The summed E-state index contributed by atoms with van der Waals surface area (Å²) in [6, 6.07) is 6.17. The first-order valence-corrected chi connectivity index (χ1v) is 6.80. The largest absolute Gasteiger partial charge is 0.465 e. The van der Waals surface area contributed by atoms with Crippen LogP contribution in [-0.2, 0) is 14.9 Å². The fraction of sp³-hybridized carbons (Fsp3) is 0.438. The first-order valence-electron chi connectivity index (χ1n) is 6.80. The number of halogens is 1. The van der Waals surface area contributed by atoms with Gasteiger partial charge in [-0.2, -0.15) is 5.26 Å². The highest BCUT2D eigenvalue weighted by molar-refractivity contribution is 5.86. The Morgan fingerprint density at radius 1 is 1.57 bits per heavy atom. The Morgan fingerprint density at radius 3 is 2.62 bits per heavy atom. The van der Waals surface area contributed by atoms with Gasteiger partial charge in [0, 0.05) is 0 Å². The molecule has 21 heavy (non-hydrogen) atoms. The van der Waals surface area contributed by atoms with Crippen molar-refractivity contribution in [2.45, 2.75) is 31.2 Å². The number of carbonyl (C=O) groups is 1. The van der Waals surface area contributed by atoms with Gasteiger partial charge in [0.2, 0.25) is 0 Å². The predicted octanol–water partition coefficient (Wildman–Crippen LogP) is 2.85. The van der Waals surface area contributed by atoms with E-state index >= 15 is 0 Å². The fourth-order valence-electron chi connectivity index (χ4n) is 2.76. The molecule has 0 N–H and O–H groups in total. The summed E-state index contributed by atoms with van der Waals surface area (Å²) in [4.78, 5) is 15.9. The van der Waals surface area contributed by atoms with Gasteiger partial charge in [-0.3, -0.25) is 9.64 Å². The molecule has 1 fully saturated rings.